The van der Waals surface area contributed by atoms with Crippen LogP contribution in [0.5, 0.6) is 0 Å². The molecule has 1 saturated heterocycles. The van der Waals surface area contributed by atoms with Gasteiger partial charge in [-0.05, 0) is 42.4 Å². The Hall–Kier alpha value is -2.85. The van der Waals surface area contributed by atoms with Gasteiger partial charge in [-0.1, -0.05) is 0 Å². The van der Waals surface area contributed by atoms with Crippen molar-refractivity contribution in [3.8, 4) is 0 Å². The monoisotopic (exact) mass is 474 g/mol. The van der Waals surface area contributed by atoms with Gasteiger partial charge in [-0.15, -0.1) is 0 Å². The van der Waals surface area contributed by atoms with Crippen LogP contribution in [0.3, 0.4) is 0 Å². The summed E-state index contributed by atoms with van der Waals surface area (Å²) in [5.41, 5.74) is 7.16. The maximum Gasteiger partial charge on any atom is 0.125 e. The van der Waals surface area contributed by atoms with Gasteiger partial charge in [0, 0.05) is 49.3 Å². The second-order valence-electron chi connectivity index (χ2n) is 6.43. The molecule has 0 saturated carbocycles. The normalized spacial score (nSPS) is 23.5. The Labute approximate surface area is 185 Å². The highest BCUT2D eigenvalue weighted by atomic mass is 79.9. The van der Waals surface area contributed by atoms with Crippen LogP contribution in [0.25, 0.3) is 0 Å². The number of hydrogen-bond acceptors (Lipinski definition) is 8. The van der Waals surface area contributed by atoms with E-state index in [1.54, 1.807) is 18.6 Å². The van der Waals surface area contributed by atoms with E-state index < -0.39 is 0 Å². The second kappa shape index (κ2) is 12.0. The molecule has 0 aromatic carbocycles. The molecule has 30 heavy (non-hydrogen) atoms. The van der Waals surface area contributed by atoms with Crippen LogP contribution >= 0.6 is 15.9 Å². The van der Waals surface area contributed by atoms with Crippen molar-refractivity contribution in [3.05, 3.63) is 46.8 Å². The van der Waals surface area contributed by atoms with E-state index >= 15 is 0 Å². The lowest BCUT2D eigenvalue weighted by Crippen LogP contribution is -2.52. The van der Waals surface area contributed by atoms with Crippen molar-refractivity contribution in [2.45, 2.75) is 19.1 Å². The number of halogens is 1. The zero-order valence-electron chi connectivity index (χ0n) is 17.0. The van der Waals surface area contributed by atoms with Crippen LogP contribution in [-0.2, 0) is 4.74 Å². The zero-order valence-corrected chi connectivity index (χ0v) is 18.6. The summed E-state index contributed by atoms with van der Waals surface area (Å²) in [5, 5.41) is 7.59. The van der Waals surface area contributed by atoms with E-state index in [9.17, 15) is 0 Å². The van der Waals surface area contributed by atoms with Crippen LogP contribution < -0.4 is 5.73 Å². The maximum atomic E-state index is 7.59. The van der Waals surface area contributed by atoms with Gasteiger partial charge in [0.15, 0.2) is 0 Å². The van der Waals surface area contributed by atoms with E-state index in [1.165, 1.54) is 12.4 Å². The quantitative estimate of drug-likeness (QED) is 0.319. The van der Waals surface area contributed by atoms with Gasteiger partial charge < -0.3 is 25.7 Å². The smallest absolute Gasteiger partial charge is 0.125 e. The van der Waals surface area contributed by atoms with E-state index in [2.05, 4.69) is 49.2 Å². The number of ether oxygens (including phenoxy) is 1. The molecule has 2 aliphatic heterocycles. The molecule has 9 nitrogen and oxygen atoms in total. The van der Waals surface area contributed by atoms with Gasteiger partial charge in [-0.2, -0.15) is 0 Å². The van der Waals surface area contributed by atoms with Gasteiger partial charge in [0.1, 0.15) is 16.5 Å². The highest BCUT2D eigenvalue weighted by molar-refractivity contribution is 9.11. The number of hydrogen-bond donors (Lipinski definition) is 2. The Morgan fingerprint density at radius 3 is 2.90 bits per heavy atom. The van der Waals surface area contributed by atoms with Gasteiger partial charge in [0.2, 0.25) is 0 Å². The topological polar surface area (TPSA) is 115 Å². The molecule has 2 heterocycles. The molecule has 2 atom stereocenters. The van der Waals surface area contributed by atoms with Gasteiger partial charge in [0.05, 0.1) is 31.4 Å². The molecule has 0 aliphatic carbocycles. The maximum absolute atomic E-state index is 7.59. The minimum absolute atomic E-state index is 0.0792. The first-order chi connectivity index (χ1) is 14.5. The fourth-order valence-corrected chi connectivity index (χ4v) is 3.56. The molecule has 10 heteroatoms. The minimum Gasteiger partial charge on any atom is -0.404 e. The summed E-state index contributed by atoms with van der Waals surface area (Å²) in [4.78, 5) is 20.9. The molecule has 160 valence electrons. The summed E-state index contributed by atoms with van der Waals surface area (Å²) in [6.07, 6.45) is 11.1. The standard InChI is InChI=1S/C20H27BrN8O/c1-15-20(16(10-22)11-23)30-9-8-29(15)19(4-5-24-2)27-13-17(12-25-3)28-7-6-26-18(21)14-28/h4-6,10-12,14-15,20,22H,2-3,7-9,13,23H2,1H3/b5-4-,16-11+,17-12-,22-10?,27-19?. The van der Waals surface area contributed by atoms with Crippen LogP contribution in [-0.4, -0.2) is 79.9 Å². The van der Waals surface area contributed by atoms with E-state index in [-0.39, 0.29) is 12.1 Å². The first kappa shape index (κ1) is 23.4. The molecule has 2 unspecified atom stereocenters. The van der Waals surface area contributed by atoms with Gasteiger partial charge in [-0.25, -0.2) is 0 Å². The molecular formula is C20H27BrN8O. The highest BCUT2D eigenvalue weighted by Crippen LogP contribution is 2.21. The number of nitrogens with two attached hydrogens (primary N) is 1. The Morgan fingerprint density at radius 1 is 1.47 bits per heavy atom. The van der Waals surface area contributed by atoms with Crippen molar-refractivity contribution in [1.82, 2.24) is 9.80 Å². The summed E-state index contributed by atoms with van der Waals surface area (Å²) in [7, 11) is 0. The van der Waals surface area contributed by atoms with Gasteiger partial charge >= 0.3 is 0 Å². The molecule has 0 amide bonds. The molecule has 1 fully saturated rings. The Bertz CT molecular complexity index is 827. The SMILES string of the molecule is C=N/C=C\C(=NC/C(=C/N=C)N1C=C(Br)N=CC1)N1CCOC(/C(C=N)=C/N)C1C. The average Bonchev–Trinajstić information content (AvgIpc) is 2.75. The molecule has 0 spiro atoms. The van der Waals surface area contributed by atoms with Crippen LogP contribution in [0, 0.1) is 5.41 Å². The summed E-state index contributed by atoms with van der Waals surface area (Å²) in [6.45, 7) is 11.2. The van der Waals surface area contributed by atoms with Crippen molar-refractivity contribution < 1.29 is 4.74 Å². The lowest BCUT2D eigenvalue weighted by molar-refractivity contribution is -0.0152. The molecule has 2 aliphatic rings. The zero-order chi connectivity index (χ0) is 21.9. The van der Waals surface area contributed by atoms with Crippen molar-refractivity contribution in [2.24, 2.45) is 25.7 Å². The largest absolute Gasteiger partial charge is 0.404 e. The molecule has 2 rings (SSSR count). The molecule has 0 aromatic heterocycles. The van der Waals surface area contributed by atoms with Crippen LogP contribution in [0.15, 0.2) is 66.7 Å². The average molecular weight is 475 g/mol. The number of rotatable bonds is 8. The fourth-order valence-electron chi connectivity index (χ4n) is 3.17. The third-order valence-electron chi connectivity index (χ3n) is 4.64. The molecule has 3 N–H and O–H groups in total. The first-order valence-electron chi connectivity index (χ1n) is 9.34. The van der Waals surface area contributed by atoms with Gasteiger partial charge in [0.25, 0.3) is 0 Å². The molecule has 0 bridgehead atoms. The van der Waals surface area contributed by atoms with Crippen LogP contribution in [0.4, 0.5) is 0 Å². The number of aliphatic imine (C=N–C) groups is 4. The Morgan fingerprint density at radius 2 is 2.27 bits per heavy atom. The fraction of sp³-hybridized carbons (Fsp3) is 0.350. The number of nitrogens with zero attached hydrogens (tertiary/aromatic N) is 6. The third-order valence-corrected chi connectivity index (χ3v) is 5.05. The van der Waals surface area contributed by atoms with E-state index in [1.807, 2.05) is 24.1 Å². The summed E-state index contributed by atoms with van der Waals surface area (Å²) >= 11 is 3.39. The van der Waals surface area contributed by atoms with Crippen molar-refractivity contribution in [1.29, 1.82) is 5.41 Å². The predicted octanol–water partition coefficient (Wildman–Crippen LogP) is 2.30. The predicted molar refractivity (Wildman–Crippen MR) is 128 cm³/mol. The van der Waals surface area contributed by atoms with Crippen molar-refractivity contribution >= 4 is 47.6 Å². The highest BCUT2D eigenvalue weighted by Gasteiger charge is 2.32. The van der Waals surface area contributed by atoms with E-state index in [4.69, 9.17) is 20.9 Å². The third kappa shape index (κ3) is 6.07. The number of amidine groups is 1. The van der Waals surface area contributed by atoms with E-state index in [0.29, 0.717) is 31.8 Å². The number of nitrogens with one attached hydrogen (secondary N) is 1. The second-order valence-corrected chi connectivity index (χ2v) is 7.24. The Balaban J connectivity index is 2.30. The van der Waals surface area contributed by atoms with E-state index in [0.717, 1.165) is 16.1 Å². The summed E-state index contributed by atoms with van der Waals surface area (Å²) in [6, 6.07) is -0.0792. The lowest BCUT2D eigenvalue weighted by atomic mass is 10.0. The Kier molecular flexibility index (Phi) is 9.36. The summed E-state index contributed by atoms with van der Waals surface area (Å²) < 4.78 is 6.59. The minimum atomic E-state index is -0.321. The summed E-state index contributed by atoms with van der Waals surface area (Å²) in [5.74, 6) is 0.730. The van der Waals surface area contributed by atoms with Crippen molar-refractivity contribution in [3.63, 3.8) is 0 Å². The van der Waals surface area contributed by atoms with Crippen molar-refractivity contribution in [2.75, 3.05) is 26.2 Å². The van der Waals surface area contributed by atoms with Gasteiger partial charge in [-0.3, -0.25) is 20.0 Å². The lowest BCUT2D eigenvalue weighted by Gasteiger charge is -2.41. The van der Waals surface area contributed by atoms with Crippen LogP contribution in [0.1, 0.15) is 6.92 Å². The molecule has 0 aromatic rings. The molecular weight excluding hydrogens is 448 g/mol. The first-order valence-corrected chi connectivity index (χ1v) is 10.1. The van der Waals surface area contributed by atoms with Crippen LogP contribution in [0.2, 0.25) is 0 Å². The molecule has 0 radical (unpaired) electrons. The number of morpholine rings is 1.